The minimum absolute atomic E-state index is 0. The molecule has 0 aromatic heterocycles. The van der Waals surface area contributed by atoms with E-state index in [-0.39, 0.29) is 18.3 Å². The Morgan fingerprint density at radius 3 is 2.29 bits per heavy atom. The topological polar surface area (TPSA) is 73.6 Å². The van der Waals surface area contributed by atoms with Crippen LogP contribution in [0.25, 0.3) is 0 Å². The Labute approximate surface area is 132 Å². The zero-order valence-corrected chi connectivity index (χ0v) is 13.5. The van der Waals surface area contributed by atoms with Crippen molar-refractivity contribution in [3.63, 3.8) is 0 Å². The minimum atomic E-state index is 0. The number of carbonyl (C=O) groups excluding carboxylic acids is 1. The number of benzene rings is 1. The summed E-state index contributed by atoms with van der Waals surface area (Å²) in [5.74, 6) is 1.54. The summed E-state index contributed by atoms with van der Waals surface area (Å²) in [5, 5.41) is 2.89. The number of hydrogen-bond acceptors (Lipinski definition) is 4. The third-order valence-corrected chi connectivity index (χ3v) is 3.01. The van der Waals surface area contributed by atoms with E-state index in [2.05, 4.69) is 5.32 Å². The Morgan fingerprint density at radius 2 is 1.76 bits per heavy atom. The van der Waals surface area contributed by atoms with Gasteiger partial charge in [0.15, 0.2) is 0 Å². The molecule has 0 heterocycles. The highest BCUT2D eigenvalue weighted by molar-refractivity contribution is 5.85. The maximum absolute atomic E-state index is 11.7. The summed E-state index contributed by atoms with van der Waals surface area (Å²) in [5.41, 5.74) is 6.42. The van der Waals surface area contributed by atoms with E-state index in [1.165, 1.54) is 0 Å². The van der Waals surface area contributed by atoms with Crippen molar-refractivity contribution in [2.24, 2.45) is 5.73 Å². The highest BCUT2D eigenvalue weighted by atomic mass is 35.5. The second-order valence-corrected chi connectivity index (χ2v) is 4.57. The van der Waals surface area contributed by atoms with E-state index < -0.39 is 0 Å². The molecule has 0 fully saturated rings. The maximum Gasteiger partial charge on any atom is 0.220 e. The van der Waals surface area contributed by atoms with Crippen molar-refractivity contribution in [1.82, 2.24) is 5.32 Å². The molecule has 0 aliphatic heterocycles. The molecule has 1 amide bonds. The first-order chi connectivity index (χ1) is 9.69. The van der Waals surface area contributed by atoms with E-state index in [1.54, 1.807) is 14.2 Å². The van der Waals surface area contributed by atoms with Gasteiger partial charge in [-0.05, 0) is 43.5 Å². The van der Waals surface area contributed by atoms with Crippen molar-refractivity contribution in [2.45, 2.75) is 25.7 Å². The van der Waals surface area contributed by atoms with Crippen LogP contribution in [0.3, 0.4) is 0 Å². The number of hydrogen-bond donors (Lipinski definition) is 2. The first-order valence-corrected chi connectivity index (χ1v) is 6.88. The Kier molecular flexibility index (Phi) is 10.4. The second-order valence-electron chi connectivity index (χ2n) is 4.57. The van der Waals surface area contributed by atoms with E-state index in [0.717, 1.165) is 29.9 Å². The number of aryl methyl sites for hydroxylation is 1. The lowest BCUT2D eigenvalue weighted by atomic mass is 10.1. The third-order valence-electron chi connectivity index (χ3n) is 3.01. The highest BCUT2D eigenvalue weighted by Gasteiger charge is 2.05. The van der Waals surface area contributed by atoms with Crippen LogP contribution >= 0.6 is 12.4 Å². The predicted octanol–water partition coefficient (Wildman–Crippen LogP) is 1.91. The molecule has 3 N–H and O–H groups in total. The van der Waals surface area contributed by atoms with Crippen LogP contribution in [-0.4, -0.2) is 33.2 Å². The van der Waals surface area contributed by atoms with Crippen molar-refractivity contribution in [2.75, 3.05) is 27.3 Å². The summed E-state index contributed by atoms with van der Waals surface area (Å²) < 4.78 is 10.4. The highest BCUT2D eigenvalue weighted by Crippen LogP contribution is 2.23. The molecule has 0 aliphatic carbocycles. The molecule has 0 saturated heterocycles. The van der Waals surface area contributed by atoms with Crippen LogP contribution in [0.15, 0.2) is 18.2 Å². The second kappa shape index (κ2) is 11.2. The van der Waals surface area contributed by atoms with Gasteiger partial charge in [0, 0.05) is 19.0 Å². The maximum atomic E-state index is 11.7. The quantitative estimate of drug-likeness (QED) is 0.683. The molecule has 0 bridgehead atoms. The van der Waals surface area contributed by atoms with Crippen molar-refractivity contribution >= 4 is 18.3 Å². The monoisotopic (exact) mass is 316 g/mol. The van der Waals surface area contributed by atoms with E-state index >= 15 is 0 Å². The van der Waals surface area contributed by atoms with E-state index in [4.69, 9.17) is 15.2 Å². The molecule has 6 heteroatoms. The standard InChI is InChI=1S/C15H24N2O3.ClH/c1-19-13-9-12(10-14(11-13)20-2)5-6-15(18)17-8-4-3-7-16;/h9-11H,3-8,16H2,1-2H3,(H,17,18);1H. The number of nitrogens with two attached hydrogens (primary N) is 1. The van der Waals surface area contributed by atoms with Gasteiger partial charge in [-0.15, -0.1) is 12.4 Å². The number of ether oxygens (including phenoxy) is 2. The molecule has 0 atom stereocenters. The number of halogens is 1. The summed E-state index contributed by atoms with van der Waals surface area (Å²) in [7, 11) is 3.23. The molecular formula is C15H25ClN2O3. The average Bonchev–Trinajstić information content (AvgIpc) is 2.49. The summed E-state index contributed by atoms with van der Waals surface area (Å²) in [4.78, 5) is 11.7. The first kappa shape index (κ1) is 19.5. The lowest BCUT2D eigenvalue weighted by Gasteiger charge is -2.09. The number of amides is 1. The van der Waals surface area contributed by atoms with Crippen molar-refractivity contribution in [3.8, 4) is 11.5 Å². The van der Waals surface area contributed by atoms with Gasteiger partial charge in [0.1, 0.15) is 11.5 Å². The number of unbranched alkanes of at least 4 members (excludes halogenated alkanes) is 1. The number of nitrogens with one attached hydrogen (secondary N) is 1. The number of rotatable bonds is 9. The normalized spacial score (nSPS) is 9.67. The van der Waals surface area contributed by atoms with Crippen LogP contribution in [-0.2, 0) is 11.2 Å². The predicted molar refractivity (Wildman–Crippen MR) is 86.4 cm³/mol. The first-order valence-electron chi connectivity index (χ1n) is 6.88. The smallest absolute Gasteiger partial charge is 0.220 e. The molecule has 21 heavy (non-hydrogen) atoms. The third kappa shape index (κ3) is 7.78. The molecule has 0 aliphatic rings. The van der Waals surface area contributed by atoms with Gasteiger partial charge in [-0.25, -0.2) is 0 Å². The fourth-order valence-electron chi connectivity index (χ4n) is 1.85. The molecule has 0 unspecified atom stereocenters. The molecule has 1 aromatic carbocycles. The van der Waals surface area contributed by atoms with Crippen LogP contribution in [0.5, 0.6) is 11.5 Å². The van der Waals surface area contributed by atoms with Gasteiger partial charge in [0.25, 0.3) is 0 Å². The Balaban J connectivity index is 0.00000400. The van der Waals surface area contributed by atoms with Crippen molar-refractivity contribution in [1.29, 1.82) is 0 Å². The summed E-state index contributed by atoms with van der Waals surface area (Å²) in [6.45, 7) is 1.36. The molecule has 1 rings (SSSR count). The molecule has 5 nitrogen and oxygen atoms in total. The molecule has 0 radical (unpaired) electrons. The van der Waals surface area contributed by atoms with Gasteiger partial charge in [0.05, 0.1) is 14.2 Å². The van der Waals surface area contributed by atoms with E-state index in [1.807, 2.05) is 18.2 Å². The van der Waals surface area contributed by atoms with Gasteiger partial charge < -0.3 is 20.5 Å². The SMILES string of the molecule is COc1cc(CCC(=O)NCCCCN)cc(OC)c1.Cl. The Hall–Kier alpha value is -1.46. The lowest BCUT2D eigenvalue weighted by Crippen LogP contribution is -2.25. The fraction of sp³-hybridized carbons (Fsp3) is 0.533. The van der Waals surface area contributed by atoms with Gasteiger partial charge in [0.2, 0.25) is 5.91 Å². The van der Waals surface area contributed by atoms with Gasteiger partial charge in [-0.2, -0.15) is 0 Å². The fourth-order valence-corrected chi connectivity index (χ4v) is 1.85. The summed E-state index contributed by atoms with van der Waals surface area (Å²) in [6, 6.07) is 5.66. The zero-order valence-electron chi connectivity index (χ0n) is 12.7. The van der Waals surface area contributed by atoms with Crippen molar-refractivity contribution in [3.05, 3.63) is 23.8 Å². The van der Waals surface area contributed by atoms with Crippen LogP contribution < -0.4 is 20.5 Å². The van der Waals surface area contributed by atoms with Gasteiger partial charge >= 0.3 is 0 Å². The molecule has 120 valence electrons. The molecule has 0 spiro atoms. The molecular weight excluding hydrogens is 292 g/mol. The Bertz CT molecular complexity index is 405. The summed E-state index contributed by atoms with van der Waals surface area (Å²) >= 11 is 0. The average molecular weight is 317 g/mol. The van der Waals surface area contributed by atoms with Crippen LogP contribution in [0, 0.1) is 0 Å². The van der Waals surface area contributed by atoms with Gasteiger partial charge in [-0.1, -0.05) is 0 Å². The van der Waals surface area contributed by atoms with Crippen LogP contribution in [0.2, 0.25) is 0 Å². The molecule has 0 saturated carbocycles. The number of carbonyl (C=O) groups is 1. The molecule has 1 aromatic rings. The lowest BCUT2D eigenvalue weighted by molar-refractivity contribution is -0.121. The van der Waals surface area contributed by atoms with Crippen molar-refractivity contribution < 1.29 is 14.3 Å². The Morgan fingerprint density at radius 1 is 1.14 bits per heavy atom. The van der Waals surface area contributed by atoms with Crippen LogP contribution in [0.4, 0.5) is 0 Å². The van der Waals surface area contributed by atoms with E-state index in [9.17, 15) is 4.79 Å². The van der Waals surface area contributed by atoms with Gasteiger partial charge in [-0.3, -0.25) is 4.79 Å². The zero-order chi connectivity index (χ0) is 14.8. The minimum Gasteiger partial charge on any atom is -0.497 e. The van der Waals surface area contributed by atoms with Crippen LogP contribution in [0.1, 0.15) is 24.8 Å². The largest absolute Gasteiger partial charge is 0.497 e. The number of methoxy groups -OCH3 is 2. The van der Waals surface area contributed by atoms with E-state index in [0.29, 0.717) is 25.9 Å². The summed E-state index contributed by atoms with van der Waals surface area (Å²) in [6.07, 6.45) is 2.98.